The number of carbonyl (C=O) groups excluding carboxylic acids is 2. The molecular formula is C23H22N2O4S. The van der Waals surface area contributed by atoms with Crippen LogP contribution >= 0.6 is 0 Å². The zero-order valence-electron chi connectivity index (χ0n) is 16.7. The van der Waals surface area contributed by atoms with Crippen molar-refractivity contribution in [3.8, 4) is 0 Å². The number of hydrogen-bond donors (Lipinski definition) is 0. The minimum absolute atomic E-state index is 0.0721. The van der Waals surface area contributed by atoms with E-state index in [0.717, 1.165) is 17.5 Å². The van der Waals surface area contributed by atoms with E-state index in [0.29, 0.717) is 5.69 Å². The summed E-state index contributed by atoms with van der Waals surface area (Å²) in [5, 5.41) is 0. The standard InChI is InChI=1S/C23H22N2O4S/c1-12-3-7-14(8-4-12)24-22(26)18-16-11-17(19(18)23(24)27)21-20(16)25(21)30(28,29)15-9-5-13(2)6-10-15/h3-10,16-21H,11H2,1-2H3/t16-,17+,18-,19+,20-,21+,25?. The van der Waals surface area contributed by atoms with E-state index in [1.54, 1.807) is 28.6 Å². The summed E-state index contributed by atoms with van der Waals surface area (Å²) in [5.74, 6) is -1.28. The first-order valence-electron chi connectivity index (χ1n) is 10.4. The summed E-state index contributed by atoms with van der Waals surface area (Å²) in [7, 11) is -3.61. The maximum atomic E-state index is 13.2. The fourth-order valence-electron chi connectivity index (χ4n) is 6.16. The highest BCUT2D eigenvalue weighted by Gasteiger charge is 2.78. The van der Waals surface area contributed by atoms with E-state index < -0.39 is 21.9 Å². The monoisotopic (exact) mass is 422 g/mol. The normalized spacial score (nSPS) is 36.2. The van der Waals surface area contributed by atoms with Crippen LogP contribution in [-0.4, -0.2) is 36.6 Å². The van der Waals surface area contributed by atoms with Gasteiger partial charge in [0, 0.05) is 12.1 Å². The molecule has 30 heavy (non-hydrogen) atoms. The lowest BCUT2D eigenvalue weighted by Crippen LogP contribution is -2.34. The van der Waals surface area contributed by atoms with Crippen molar-refractivity contribution in [3.63, 3.8) is 0 Å². The summed E-state index contributed by atoms with van der Waals surface area (Å²) in [6.45, 7) is 3.88. The van der Waals surface area contributed by atoms with E-state index in [1.807, 2.05) is 38.1 Å². The molecule has 2 saturated carbocycles. The lowest BCUT2D eigenvalue weighted by Gasteiger charge is -2.20. The Morgan fingerprint density at radius 1 is 0.767 bits per heavy atom. The predicted molar refractivity (Wildman–Crippen MR) is 110 cm³/mol. The van der Waals surface area contributed by atoms with Gasteiger partial charge in [0.2, 0.25) is 21.8 Å². The summed E-state index contributed by atoms with van der Waals surface area (Å²) < 4.78 is 27.9. The van der Waals surface area contributed by atoms with E-state index in [2.05, 4.69) is 0 Å². The third-order valence-electron chi connectivity index (χ3n) is 7.48. The minimum Gasteiger partial charge on any atom is -0.274 e. The molecule has 4 aliphatic rings. The fraction of sp³-hybridized carbons (Fsp3) is 0.391. The van der Waals surface area contributed by atoms with Crippen molar-refractivity contribution < 1.29 is 18.0 Å². The van der Waals surface area contributed by atoms with Crippen molar-refractivity contribution in [2.24, 2.45) is 23.7 Å². The van der Waals surface area contributed by atoms with Gasteiger partial charge < -0.3 is 0 Å². The van der Waals surface area contributed by atoms with Gasteiger partial charge in [-0.2, -0.15) is 4.31 Å². The molecule has 2 saturated heterocycles. The Morgan fingerprint density at radius 2 is 1.23 bits per heavy atom. The molecule has 2 amide bonds. The van der Waals surface area contributed by atoms with Crippen molar-refractivity contribution in [2.45, 2.75) is 37.2 Å². The second kappa shape index (κ2) is 5.80. The van der Waals surface area contributed by atoms with Crippen LogP contribution in [0.1, 0.15) is 17.5 Å². The number of hydrogen-bond acceptors (Lipinski definition) is 4. The Hall–Kier alpha value is -2.51. The van der Waals surface area contributed by atoms with Gasteiger partial charge in [-0.25, -0.2) is 8.42 Å². The molecule has 7 heteroatoms. The highest BCUT2D eigenvalue weighted by atomic mass is 32.2. The van der Waals surface area contributed by atoms with Gasteiger partial charge >= 0.3 is 0 Å². The first-order valence-corrected chi connectivity index (χ1v) is 11.8. The van der Waals surface area contributed by atoms with Crippen LogP contribution in [0.2, 0.25) is 0 Å². The average molecular weight is 423 g/mol. The SMILES string of the molecule is Cc1ccc(N2C(=O)[C@@H]3[C@H]4C[C@@H]([C@@H]3C2=O)[C@H]2[C@@H]4N2S(=O)(=O)c2ccc(C)cc2)cc1. The summed E-state index contributed by atoms with van der Waals surface area (Å²) in [4.78, 5) is 28.1. The molecule has 0 spiro atoms. The number of carbonyl (C=O) groups is 2. The molecule has 1 unspecified atom stereocenters. The number of nitrogens with zero attached hydrogens (tertiary/aromatic N) is 2. The van der Waals surface area contributed by atoms with Crippen LogP contribution in [0.4, 0.5) is 5.69 Å². The maximum absolute atomic E-state index is 13.2. The van der Waals surface area contributed by atoms with E-state index in [1.165, 1.54) is 4.90 Å². The molecule has 154 valence electrons. The van der Waals surface area contributed by atoms with Crippen molar-refractivity contribution >= 4 is 27.5 Å². The molecule has 2 aliphatic carbocycles. The number of piperidine rings is 1. The quantitative estimate of drug-likeness (QED) is 0.563. The van der Waals surface area contributed by atoms with Gasteiger partial charge in [-0.15, -0.1) is 0 Å². The number of benzene rings is 2. The summed E-state index contributed by atoms with van der Waals surface area (Å²) in [6.07, 6.45) is 0.768. The van der Waals surface area contributed by atoms with Crippen LogP contribution in [0.3, 0.4) is 0 Å². The molecule has 0 N–H and O–H groups in total. The molecular weight excluding hydrogens is 400 g/mol. The molecule has 2 bridgehead atoms. The van der Waals surface area contributed by atoms with Crippen LogP contribution in [0.5, 0.6) is 0 Å². The molecule has 2 aromatic carbocycles. The second-order valence-corrected chi connectivity index (χ2v) is 10.9. The van der Waals surface area contributed by atoms with Gasteiger partial charge in [-0.3, -0.25) is 14.5 Å². The fourth-order valence-corrected chi connectivity index (χ4v) is 8.03. The largest absolute Gasteiger partial charge is 0.274 e. The lowest BCUT2D eigenvalue weighted by molar-refractivity contribution is -0.123. The number of aryl methyl sites for hydroxylation is 2. The second-order valence-electron chi connectivity index (χ2n) is 9.09. The molecule has 4 fully saturated rings. The summed E-state index contributed by atoms with van der Waals surface area (Å²) in [5.41, 5.74) is 2.68. The predicted octanol–water partition coefficient (Wildman–Crippen LogP) is 2.50. The first-order chi connectivity index (χ1) is 14.3. The highest BCUT2D eigenvalue weighted by Crippen LogP contribution is 2.66. The molecule has 2 heterocycles. The van der Waals surface area contributed by atoms with E-state index >= 15 is 0 Å². The average Bonchev–Trinajstić information content (AvgIpc) is 3.11. The molecule has 2 aromatic rings. The van der Waals surface area contributed by atoms with Gasteiger partial charge in [-0.05, 0) is 56.4 Å². The van der Waals surface area contributed by atoms with E-state index in [4.69, 9.17) is 0 Å². The van der Waals surface area contributed by atoms with Gasteiger partial charge in [0.05, 0.1) is 22.4 Å². The number of amides is 2. The van der Waals surface area contributed by atoms with Gasteiger partial charge in [-0.1, -0.05) is 35.4 Å². The minimum atomic E-state index is -3.61. The van der Waals surface area contributed by atoms with Crippen LogP contribution in [-0.2, 0) is 19.6 Å². The van der Waals surface area contributed by atoms with Crippen molar-refractivity contribution in [1.29, 1.82) is 0 Å². The van der Waals surface area contributed by atoms with E-state index in [9.17, 15) is 18.0 Å². The Balaban J connectivity index is 1.31. The Morgan fingerprint density at radius 3 is 1.73 bits per heavy atom. The topological polar surface area (TPSA) is 74.5 Å². The molecule has 6 nitrogen and oxygen atoms in total. The van der Waals surface area contributed by atoms with Gasteiger partial charge in [0.25, 0.3) is 0 Å². The maximum Gasteiger partial charge on any atom is 0.243 e. The van der Waals surface area contributed by atoms with E-state index in [-0.39, 0.29) is 40.6 Å². The number of fused-ring (bicyclic) bond motifs is 8. The number of sulfonamides is 1. The number of rotatable bonds is 3. The van der Waals surface area contributed by atoms with Crippen LogP contribution < -0.4 is 4.90 Å². The van der Waals surface area contributed by atoms with Gasteiger partial charge in [0.15, 0.2) is 0 Å². The molecule has 0 radical (unpaired) electrons. The highest BCUT2D eigenvalue weighted by molar-refractivity contribution is 7.89. The lowest BCUT2D eigenvalue weighted by atomic mass is 9.81. The van der Waals surface area contributed by atoms with Crippen LogP contribution in [0.25, 0.3) is 0 Å². The van der Waals surface area contributed by atoms with Crippen molar-refractivity contribution in [3.05, 3.63) is 59.7 Å². The molecule has 7 atom stereocenters. The molecule has 2 aliphatic heterocycles. The summed E-state index contributed by atoms with van der Waals surface area (Å²) in [6, 6.07) is 14.0. The Labute approximate surface area is 175 Å². The van der Waals surface area contributed by atoms with Crippen molar-refractivity contribution in [2.75, 3.05) is 4.90 Å². The summed E-state index contributed by atoms with van der Waals surface area (Å²) >= 11 is 0. The smallest absolute Gasteiger partial charge is 0.243 e. The van der Waals surface area contributed by atoms with Crippen molar-refractivity contribution in [1.82, 2.24) is 4.31 Å². The first kappa shape index (κ1) is 18.3. The molecule has 6 rings (SSSR count). The Kier molecular flexibility index (Phi) is 3.53. The number of imide groups is 1. The zero-order chi connectivity index (χ0) is 20.9. The van der Waals surface area contributed by atoms with Crippen LogP contribution in [0, 0.1) is 37.5 Å². The Bertz CT molecular complexity index is 1150. The third-order valence-corrected chi connectivity index (χ3v) is 9.39. The number of anilines is 1. The molecule has 0 aromatic heterocycles. The van der Waals surface area contributed by atoms with Gasteiger partial charge in [0.1, 0.15) is 0 Å². The third kappa shape index (κ3) is 2.19. The zero-order valence-corrected chi connectivity index (χ0v) is 17.5. The van der Waals surface area contributed by atoms with Crippen LogP contribution in [0.15, 0.2) is 53.4 Å².